The lowest BCUT2D eigenvalue weighted by Crippen LogP contribution is -2.59. The van der Waals surface area contributed by atoms with E-state index in [9.17, 15) is 53.9 Å². The van der Waals surface area contributed by atoms with Crippen LogP contribution in [-0.4, -0.2) is 110 Å². The average Bonchev–Trinajstić information content (AvgIpc) is 2.59. The fourth-order valence-corrected chi connectivity index (χ4v) is 3.65. The number of aliphatic hydroxyl groups excluding tert-OH is 5. The van der Waals surface area contributed by atoms with Crippen LogP contribution in [0, 0.1) is 0 Å². The standard InChI is InChI=1S/C9H19O19P3/c10-1-9(17,2-26-29(18,19)20)7(15)5(13)3(11)4(12)6(14)8(16)27-31(24,25)28-30(21,22)23/h1,3-5,7-8,11-13,15-17H,2H2,(H,24,25)(H2,18,19,20)(H2,21,22,23)/t3-,4-,5-,7?,8?,9?/m0/s1. The molecule has 19 nitrogen and oxygen atoms in total. The lowest BCUT2D eigenvalue weighted by molar-refractivity contribution is -0.186. The van der Waals surface area contributed by atoms with E-state index in [1.165, 1.54) is 0 Å². The zero-order valence-electron chi connectivity index (χ0n) is 14.7. The third-order valence-electron chi connectivity index (χ3n) is 3.15. The van der Waals surface area contributed by atoms with Crippen LogP contribution in [0.15, 0.2) is 0 Å². The number of aldehydes is 1. The molecule has 0 aromatic heterocycles. The highest BCUT2D eigenvalue weighted by Crippen LogP contribution is 2.58. The summed E-state index contributed by atoms with van der Waals surface area (Å²) in [4.78, 5) is 65.4. The zero-order chi connectivity index (χ0) is 25.0. The Morgan fingerprint density at radius 1 is 0.903 bits per heavy atom. The Labute approximate surface area is 171 Å². The minimum absolute atomic E-state index is 0.573. The third-order valence-corrected chi connectivity index (χ3v) is 5.76. The van der Waals surface area contributed by atoms with Crippen molar-refractivity contribution in [1.29, 1.82) is 0 Å². The molecule has 22 heteroatoms. The van der Waals surface area contributed by atoms with E-state index in [4.69, 9.17) is 24.5 Å². The Morgan fingerprint density at radius 2 is 1.39 bits per heavy atom. The van der Waals surface area contributed by atoms with Crippen molar-refractivity contribution in [2.24, 2.45) is 0 Å². The highest BCUT2D eigenvalue weighted by atomic mass is 31.3. The van der Waals surface area contributed by atoms with Crippen molar-refractivity contribution in [3.63, 3.8) is 0 Å². The molecule has 0 aliphatic rings. The van der Waals surface area contributed by atoms with Gasteiger partial charge in [-0.3, -0.25) is 14.1 Å². The summed E-state index contributed by atoms with van der Waals surface area (Å²) in [5.41, 5.74) is -3.31. The van der Waals surface area contributed by atoms with Crippen molar-refractivity contribution in [2.45, 2.75) is 36.3 Å². The molecule has 0 bridgehead atoms. The van der Waals surface area contributed by atoms with Gasteiger partial charge < -0.3 is 55.1 Å². The smallest absolute Gasteiger partial charge is 0.387 e. The maximum absolute atomic E-state index is 11.7. The van der Waals surface area contributed by atoms with Gasteiger partial charge >= 0.3 is 23.5 Å². The molecule has 11 N–H and O–H groups in total. The summed E-state index contributed by atoms with van der Waals surface area (Å²) < 4.78 is 43.0. The molecular formula is C9H19O19P3. The summed E-state index contributed by atoms with van der Waals surface area (Å²) >= 11 is 0. The highest BCUT2D eigenvalue weighted by molar-refractivity contribution is 7.60. The van der Waals surface area contributed by atoms with Crippen molar-refractivity contribution in [3.8, 4) is 0 Å². The van der Waals surface area contributed by atoms with Crippen LogP contribution in [0.1, 0.15) is 0 Å². The van der Waals surface area contributed by atoms with Crippen molar-refractivity contribution in [3.05, 3.63) is 0 Å². The van der Waals surface area contributed by atoms with E-state index in [0.717, 1.165) is 0 Å². The lowest BCUT2D eigenvalue weighted by Gasteiger charge is -2.33. The van der Waals surface area contributed by atoms with Gasteiger partial charge in [0, 0.05) is 0 Å². The normalized spacial score (nSPS) is 21.8. The maximum atomic E-state index is 11.7. The van der Waals surface area contributed by atoms with Crippen LogP contribution in [0.3, 0.4) is 0 Å². The first-order valence-corrected chi connectivity index (χ1v) is 11.8. The average molecular weight is 524 g/mol. The summed E-state index contributed by atoms with van der Waals surface area (Å²) in [5, 5.41) is 57.9. The number of hydrogen-bond donors (Lipinski definition) is 11. The summed E-state index contributed by atoms with van der Waals surface area (Å²) in [6.45, 7) is -1.64. The Hall–Kier alpha value is -0.530. The van der Waals surface area contributed by atoms with Gasteiger partial charge in [0.1, 0.15) is 24.4 Å². The van der Waals surface area contributed by atoms with E-state index in [2.05, 4.69) is 13.4 Å². The van der Waals surface area contributed by atoms with Gasteiger partial charge in [-0.2, -0.15) is 4.31 Å². The first-order valence-electron chi connectivity index (χ1n) is 7.27. The second kappa shape index (κ2) is 11.1. The molecule has 31 heavy (non-hydrogen) atoms. The molecule has 0 spiro atoms. The number of aliphatic hydroxyl groups is 6. The molecule has 184 valence electrons. The summed E-state index contributed by atoms with van der Waals surface area (Å²) in [7, 11) is -16.8. The van der Waals surface area contributed by atoms with Crippen LogP contribution in [0.2, 0.25) is 0 Å². The van der Waals surface area contributed by atoms with Gasteiger partial charge in [0.2, 0.25) is 12.1 Å². The number of phosphoric ester groups is 2. The number of hydrogen-bond acceptors (Lipinski definition) is 14. The van der Waals surface area contributed by atoms with Gasteiger partial charge in [0.25, 0.3) is 0 Å². The fraction of sp³-hybridized carbons (Fsp3) is 0.778. The van der Waals surface area contributed by atoms with Gasteiger partial charge in [-0.25, -0.2) is 18.2 Å². The van der Waals surface area contributed by atoms with Crippen LogP contribution in [0.4, 0.5) is 0 Å². The number of carbonyl (C=O) groups is 2. The fourth-order valence-electron chi connectivity index (χ4n) is 1.69. The Morgan fingerprint density at radius 3 is 1.77 bits per heavy atom. The monoisotopic (exact) mass is 524 g/mol. The second-order valence-electron chi connectivity index (χ2n) is 5.64. The van der Waals surface area contributed by atoms with Gasteiger partial charge in [0.15, 0.2) is 11.9 Å². The molecule has 0 saturated heterocycles. The molecule has 0 radical (unpaired) electrons. The minimum atomic E-state index is -5.81. The molecule has 0 aliphatic heterocycles. The van der Waals surface area contributed by atoms with E-state index < -0.39 is 78.5 Å². The summed E-state index contributed by atoms with van der Waals surface area (Å²) in [6, 6.07) is 0. The lowest BCUT2D eigenvalue weighted by atomic mass is 9.89. The molecule has 0 aromatic rings. The second-order valence-corrected chi connectivity index (χ2v) is 9.67. The van der Waals surface area contributed by atoms with Crippen LogP contribution in [0.5, 0.6) is 0 Å². The zero-order valence-corrected chi connectivity index (χ0v) is 17.4. The van der Waals surface area contributed by atoms with Gasteiger partial charge in [-0.15, -0.1) is 0 Å². The molecule has 0 heterocycles. The van der Waals surface area contributed by atoms with Crippen molar-refractivity contribution in [1.82, 2.24) is 0 Å². The quantitative estimate of drug-likeness (QED) is 0.0573. The summed E-state index contributed by atoms with van der Waals surface area (Å²) in [5.74, 6) is -2.15. The SMILES string of the molecule is O=CC(O)(COP(=O)(O)O)C(O)[C@@H](O)[C@@H](O)[C@H](O)C(=O)C(O)OP(=O)(O)OP(=O)(O)O. The highest BCUT2D eigenvalue weighted by Gasteiger charge is 2.48. The number of rotatable bonds is 14. The third kappa shape index (κ3) is 10.3. The predicted molar refractivity (Wildman–Crippen MR) is 88.1 cm³/mol. The largest absolute Gasteiger partial charge is 0.483 e. The van der Waals surface area contributed by atoms with Gasteiger partial charge in [-0.1, -0.05) is 0 Å². The number of Topliss-reactive ketones (excluding diaryl/α,β-unsaturated/α-hetero) is 1. The van der Waals surface area contributed by atoms with Gasteiger partial charge in [-0.05, 0) is 0 Å². The predicted octanol–water partition coefficient (Wildman–Crippen LogP) is -5.42. The van der Waals surface area contributed by atoms with Crippen LogP contribution < -0.4 is 0 Å². The number of ketones is 1. The Balaban J connectivity index is 5.33. The maximum Gasteiger partial charge on any atom is 0.483 e. The molecule has 4 unspecified atom stereocenters. The Kier molecular flexibility index (Phi) is 10.9. The first-order chi connectivity index (χ1) is 13.7. The molecule has 0 rings (SSSR count). The van der Waals surface area contributed by atoms with E-state index >= 15 is 0 Å². The molecular weight excluding hydrogens is 505 g/mol. The Bertz CT molecular complexity index is 772. The van der Waals surface area contributed by atoms with E-state index in [1.807, 2.05) is 0 Å². The minimum Gasteiger partial charge on any atom is -0.387 e. The first kappa shape index (κ1) is 30.5. The number of carbonyl (C=O) groups excluding carboxylic acids is 2. The van der Waals surface area contributed by atoms with Gasteiger partial charge in [0.05, 0.1) is 6.61 Å². The molecule has 7 atom stereocenters. The molecule has 0 amide bonds. The van der Waals surface area contributed by atoms with Crippen LogP contribution in [0.25, 0.3) is 0 Å². The molecule has 0 fully saturated rings. The molecule has 0 saturated carbocycles. The van der Waals surface area contributed by atoms with E-state index in [-0.39, 0.29) is 0 Å². The van der Waals surface area contributed by atoms with Crippen LogP contribution >= 0.6 is 23.5 Å². The van der Waals surface area contributed by atoms with E-state index in [1.54, 1.807) is 0 Å². The molecule has 0 aliphatic carbocycles. The topological polar surface area (TPSA) is 336 Å². The van der Waals surface area contributed by atoms with Crippen LogP contribution in [-0.2, 0) is 36.6 Å². The molecule has 0 aromatic carbocycles. The van der Waals surface area contributed by atoms with E-state index in [0.29, 0.717) is 0 Å². The van der Waals surface area contributed by atoms with Crippen molar-refractivity contribution in [2.75, 3.05) is 6.61 Å². The summed E-state index contributed by atoms with van der Waals surface area (Å²) in [6.07, 6.45) is -15.4. The number of phosphoric acid groups is 3. The van der Waals surface area contributed by atoms with Crippen molar-refractivity contribution < 1.29 is 91.7 Å². The van der Waals surface area contributed by atoms with Crippen molar-refractivity contribution >= 4 is 35.5 Å².